The molecule has 1 unspecified atom stereocenters. The lowest BCUT2D eigenvalue weighted by atomic mass is 10.3. The van der Waals surface area contributed by atoms with E-state index in [-0.39, 0.29) is 12.0 Å². The average Bonchev–Trinajstić information content (AvgIpc) is 2.73. The molecule has 86 valence electrons. The van der Waals surface area contributed by atoms with Crippen LogP contribution in [0.4, 0.5) is 0 Å². The van der Waals surface area contributed by atoms with Gasteiger partial charge in [-0.25, -0.2) is 0 Å². The first-order chi connectivity index (χ1) is 7.65. The number of thiophene rings is 1. The van der Waals surface area contributed by atoms with Crippen molar-refractivity contribution in [3.05, 3.63) is 21.9 Å². The number of esters is 1. The predicted octanol–water partition coefficient (Wildman–Crippen LogP) is 1.57. The van der Waals surface area contributed by atoms with Gasteiger partial charge in [0.25, 0.3) is 0 Å². The molecule has 1 N–H and O–H groups in total. The van der Waals surface area contributed by atoms with Gasteiger partial charge in [-0.05, 0) is 19.1 Å². The van der Waals surface area contributed by atoms with E-state index in [0.717, 1.165) is 11.4 Å². The molecule has 0 spiro atoms. The lowest BCUT2D eigenvalue weighted by Crippen LogP contribution is -2.22. The van der Waals surface area contributed by atoms with E-state index in [4.69, 9.17) is 6.42 Å². The highest BCUT2D eigenvalue weighted by atomic mass is 32.1. The van der Waals surface area contributed by atoms with Crippen LogP contribution in [0.15, 0.2) is 12.1 Å². The number of nitrogens with one attached hydrogen (secondary N) is 1. The zero-order valence-corrected chi connectivity index (χ0v) is 10.3. The lowest BCUT2D eigenvalue weighted by Gasteiger charge is -2.04. The fourth-order valence-corrected chi connectivity index (χ4v) is 2.09. The summed E-state index contributed by atoms with van der Waals surface area (Å²) in [7, 11) is 1.40. The molecule has 0 bridgehead atoms. The van der Waals surface area contributed by atoms with Gasteiger partial charge < -0.3 is 4.74 Å². The number of ether oxygens (including phenoxy) is 1. The van der Waals surface area contributed by atoms with Gasteiger partial charge in [0, 0.05) is 16.3 Å². The Morgan fingerprint density at radius 2 is 2.31 bits per heavy atom. The van der Waals surface area contributed by atoms with Gasteiger partial charge in [-0.2, -0.15) is 0 Å². The quantitative estimate of drug-likeness (QED) is 0.624. The van der Waals surface area contributed by atoms with E-state index in [0.29, 0.717) is 6.42 Å². The Morgan fingerprint density at radius 1 is 1.62 bits per heavy atom. The zero-order chi connectivity index (χ0) is 12.0. The molecule has 0 aromatic carbocycles. The molecule has 1 aromatic heterocycles. The smallest absolute Gasteiger partial charge is 0.310 e. The molecule has 0 aliphatic carbocycles. The van der Waals surface area contributed by atoms with E-state index in [9.17, 15) is 4.79 Å². The summed E-state index contributed by atoms with van der Waals surface area (Å²) in [6, 6.07) is 4.00. The van der Waals surface area contributed by atoms with Crippen molar-refractivity contribution >= 4 is 17.3 Å². The van der Waals surface area contributed by atoms with Gasteiger partial charge in [0.2, 0.25) is 0 Å². The maximum absolute atomic E-state index is 11.0. The Labute approximate surface area is 99.8 Å². The second kappa shape index (κ2) is 6.31. The van der Waals surface area contributed by atoms with E-state index >= 15 is 0 Å². The van der Waals surface area contributed by atoms with Crippen LogP contribution in [0.3, 0.4) is 0 Å². The molecule has 4 heteroatoms. The summed E-state index contributed by atoms with van der Waals surface area (Å²) >= 11 is 1.60. The summed E-state index contributed by atoms with van der Waals surface area (Å²) in [5.41, 5.74) is 0. The molecular weight excluding hydrogens is 222 g/mol. The summed E-state index contributed by atoms with van der Waals surface area (Å²) in [5.74, 6) is 2.39. The summed E-state index contributed by atoms with van der Waals surface area (Å²) < 4.78 is 4.60. The Hall–Kier alpha value is -1.31. The molecule has 3 nitrogen and oxygen atoms in total. The monoisotopic (exact) mass is 237 g/mol. The summed E-state index contributed by atoms with van der Waals surface area (Å²) in [6.07, 6.45) is 5.59. The summed E-state index contributed by atoms with van der Waals surface area (Å²) in [4.78, 5) is 13.2. The molecule has 0 amide bonds. The SMILES string of the molecule is C#CC(C)NCc1ccc(CC(=O)OC)s1. The van der Waals surface area contributed by atoms with Gasteiger partial charge >= 0.3 is 5.97 Å². The number of hydrogen-bond acceptors (Lipinski definition) is 4. The number of carbonyl (C=O) groups excluding carboxylic acids is 1. The fraction of sp³-hybridized carbons (Fsp3) is 0.417. The number of terminal acetylenes is 1. The highest BCUT2D eigenvalue weighted by Crippen LogP contribution is 2.17. The highest BCUT2D eigenvalue weighted by molar-refractivity contribution is 7.12. The number of carbonyl (C=O) groups is 1. The third-order valence-electron chi connectivity index (χ3n) is 2.10. The average molecular weight is 237 g/mol. The van der Waals surface area contributed by atoms with Gasteiger partial charge in [-0.1, -0.05) is 5.92 Å². The van der Waals surface area contributed by atoms with Crippen molar-refractivity contribution in [2.45, 2.75) is 25.9 Å². The molecule has 0 saturated carbocycles. The number of methoxy groups -OCH3 is 1. The van der Waals surface area contributed by atoms with Crippen LogP contribution in [-0.4, -0.2) is 19.1 Å². The number of hydrogen-bond donors (Lipinski definition) is 1. The highest BCUT2D eigenvalue weighted by Gasteiger charge is 2.06. The van der Waals surface area contributed by atoms with Crippen LogP contribution in [0.2, 0.25) is 0 Å². The first kappa shape index (κ1) is 12.8. The van der Waals surface area contributed by atoms with Crippen LogP contribution in [0.1, 0.15) is 16.7 Å². The van der Waals surface area contributed by atoms with Crippen LogP contribution >= 0.6 is 11.3 Å². The minimum absolute atomic E-state index is 0.0613. The number of rotatable bonds is 5. The normalized spacial score (nSPS) is 11.8. The van der Waals surface area contributed by atoms with Crippen LogP contribution in [-0.2, 0) is 22.5 Å². The van der Waals surface area contributed by atoms with E-state index in [1.54, 1.807) is 11.3 Å². The topological polar surface area (TPSA) is 38.3 Å². The van der Waals surface area contributed by atoms with Gasteiger partial charge in [0.1, 0.15) is 0 Å². The van der Waals surface area contributed by atoms with Crippen molar-refractivity contribution in [3.8, 4) is 12.3 Å². The minimum Gasteiger partial charge on any atom is -0.469 e. The van der Waals surface area contributed by atoms with Gasteiger partial charge in [-0.15, -0.1) is 17.8 Å². The van der Waals surface area contributed by atoms with E-state index in [2.05, 4.69) is 16.0 Å². The summed E-state index contributed by atoms with van der Waals surface area (Å²) in [5, 5.41) is 3.19. The predicted molar refractivity (Wildman–Crippen MR) is 65.2 cm³/mol. The molecule has 0 fully saturated rings. The molecule has 0 saturated heterocycles. The largest absolute Gasteiger partial charge is 0.469 e. The molecule has 16 heavy (non-hydrogen) atoms. The molecule has 0 aliphatic rings. The first-order valence-electron chi connectivity index (χ1n) is 4.99. The second-order valence-electron chi connectivity index (χ2n) is 3.39. The van der Waals surface area contributed by atoms with Crippen molar-refractivity contribution in [1.29, 1.82) is 0 Å². The molecule has 1 rings (SSSR count). The maximum atomic E-state index is 11.0. The van der Waals surface area contributed by atoms with E-state index in [1.165, 1.54) is 12.0 Å². The van der Waals surface area contributed by atoms with Gasteiger partial charge in [0.05, 0.1) is 19.6 Å². The van der Waals surface area contributed by atoms with Crippen LogP contribution in [0, 0.1) is 12.3 Å². The van der Waals surface area contributed by atoms with E-state index in [1.807, 2.05) is 19.1 Å². The van der Waals surface area contributed by atoms with Crippen LogP contribution in [0.25, 0.3) is 0 Å². The summed E-state index contributed by atoms with van der Waals surface area (Å²) in [6.45, 7) is 2.67. The van der Waals surface area contributed by atoms with Crippen molar-refractivity contribution in [1.82, 2.24) is 5.32 Å². The first-order valence-corrected chi connectivity index (χ1v) is 5.81. The Kier molecular flexibility index (Phi) is 5.03. The molecule has 1 aromatic rings. The van der Waals surface area contributed by atoms with Crippen molar-refractivity contribution in [3.63, 3.8) is 0 Å². The standard InChI is InChI=1S/C12H15NO2S/c1-4-9(2)13-8-11-6-5-10(16-11)7-12(14)15-3/h1,5-6,9,13H,7-8H2,2-3H3. The van der Waals surface area contributed by atoms with Crippen molar-refractivity contribution < 1.29 is 9.53 Å². The van der Waals surface area contributed by atoms with Gasteiger partial charge in [0.15, 0.2) is 0 Å². The second-order valence-corrected chi connectivity index (χ2v) is 4.64. The fourth-order valence-electron chi connectivity index (χ4n) is 1.14. The van der Waals surface area contributed by atoms with E-state index < -0.39 is 0 Å². The minimum atomic E-state index is -0.210. The Balaban J connectivity index is 2.46. The lowest BCUT2D eigenvalue weighted by molar-refractivity contribution is -0.139. The molecular formula is C12H15NO2S. The Morgan fingerprint density at radius 3 is 2.94 bits per heavy atom. The molecule has 0 aliphatic heterocycles. The molecule has 0 radical (unpaired) electrons. The van der Waals surface area contributed by atoms with Crippen molar-refractivity contribution in [2.75, 3.05) is 7.11 Å². The Bertz CT molecular complexity index is 392. The third kappa shape index (κ3) is 4.05. The third-order valence-corrected chi connectivity index (χ3v) is 3.18. The molecule has 1 heterocycles. The maximum Gasteiger partial charge on any atom is 0.310 e. The van der Waals surface area contributed by atoms with Crippen molar-refractivity contribution in [2.24, 2.45) is 0 Å². The van der Waals surface area contributed by atoms with Crippen LogP contribution in [0.5, 0.6) is 0 Å². The molecule has 1 atom stereocenters. The van der Waals surface area contributed by atoms with Gasteiger partial charge in [-0.3, -0.25) is 10.1 Å². The zero-order valence-electron chi connectivity index (χ0n) is 9.45. The van der Waals surface area contributed by atoms with Crippen LogP contribution < -0.4 is 5.32 Å².